The summed E-state index contributed by atoms with van der Waals surface area (Å²) in [4.78, 5) is 0. The van der Waals surface area contributed by atoms with Crippen LogP contribution in [0.3, 0.4) is 0 Å². The number of aromatic nitrogens is 1. The van der Waals surface area contributed by atoms with Crippen LogP contribution in [0.4, 0.5) is 0 Å². The quantitative estimate of drug-likeness (QED) is 0.129. The first-order valence-electron chi connectivity index (χ1n) is 29.1. The second-order valence-electron chi connectivity index (χ2n) is 22.3. The van der Waals surface area contributed by atoms with E-state index in [0.717, 1.165) is 16.7 Å². The summed E-state index contributed by atoms with van der Waals surface area (Å²) >= 11 is 0. The maximum atomic E-state index is 2.51. The molecular weight excluding hydrogens is 1010 g/mol. The monoisotopic (exact) mass is 1070 g/mol. The van der Waals surface area contributed by atoms with Crippen LogP contribution in [-0.4, -0.2) is 4.57 Å². The van der Waals surface area contributed by atoms with Crippen molar-refractivity contribution < 1.29 is 0 Å². The maximum absolute atomic E-state index is 2.51. The largest absolute Gasteiger partial charge is 0.309 e. The molecule has 15 aromatic rings. The van der Waals surface area contributed by atoms with Crippen molar-refractivity contribution in [3.05, 3.63) is 356 Å². The van der Waals surface area contributed by atoms with Crippen LogP contribution in [0, 0.1) is 0 Å². The third-order valence-electron chi connectivity index (χ3n) is 17.7. The SMILES string of the molecule is c1ccc(-c2ccc(-c3ccc(-c4ccc5c(c4)c4cc(-c6ccc(-c7ccc(-c8ccccc8)cc7)cc6)ccc4n5-c4ccc5c(c4)C(c4ccccc4)(c4ccccc4)c4cc(-c6cccc7ccccc67)ccc4-5)cc3)cc2)cc1. The van der Waals surface area contributed by atoms with Crippen molar-refractivity contribution >= 4 is 32.6 Å². The molecule has 84 heavy (non-hydrogen) atoms. The van der Waals surface area contributed by atoms with Crippen LogP contribution in [-0.2, 0) is 5.41 Å². The summed E-state index contributed by atoms with van der Waals surface area (Å²) < 4.78 is 2.51. The molecule has 0 fully saturated rings. The summed E-state index contributed by atoms with van der Waals surface area (Å²) in [5, 5.41) is 4.91. The van der Waals surface area contributed by atoms with Crippen LogP contribution in [0.5, 0.6) is 0 Å². The van der Waals surface area contributed by atoms with E-state index in [1.54, 1.807) is 0 Å². The van der Waals surface area contributed by atoms with Gasteiger partial charge in [-0.05, 0) is 165 Å². The Bertz CT molecular complexity index is 4700. The van der Waals surface area contributed by atoms with Gasteiger partial charge < -0.3 is 4.57 Å². The Labute approximate surface area is 490 Å². The highest BCUT2D eigenvalue weighted by Gasteiger charge is 2.46. The zero-order chi connectivity index (χ0) is 55.6. The molecule has 0 amide bonds. The first kappa shape index (κ1) is 49.0. The molecular formula is C83H55N. The van der Waals surface area contributed by atoms with E-state index in [4.69, 9.17) is 0 Å². The average molecular weight is 1070 g/mol. The molecule has 1 aliphatic rings. The van der Waals surface area contributed by atoms with Crippen LogP contribution >= 0.6 is 0 Å². The van der Waals surface area contributed by atoms with E-state index in [2.05, 4.69) is 338 Å². The van der Waals surface area contributed by atoms with Gasteiger partial charge in [-0.25, -0.2) is 0 Å². The molecule has 1 aromatic heterocycles. The second-order valence-corrected chi connectivity index (χ2v) is 22.3. The van der Waals surface area contributed by atoms with Gasteiger partial charge in [-0.1, -0.05) is 291 Å². The maximum Gasteiger partial charge on any atom is 0.0714 e. The topological polar surface area (TPSA) is 4.93 Å². The summed E-state index contributed by atoms with van der Waals surface area (Å²) in [5.41, 5.74) is 27.2. The molecule has 16 rings (SSSR count). The predicted octanol–water partition coefficient (Wildman–Crippen LogP) is 22.0. The van der Waals surface area contributed by atoms with E-state index < -0.39 is 5.41 Å². The molecule has 0 aliphatic heterocycles. The van der Waals surface area contributed by atoms with Crippen molar-refractivity contribution in [2.75, 3.05) is 0 Å². The molecule has 1 aliphatic carbocycles. The van der Waals surface area contributed by atoms with E-state index in [9.17, 15) is 0 Å². The van der Waals surface area contributed by atoms with Gasteiger partial charge in [-0.2, -0.15) is 0 Å². The minimum absolute atomic E-state index is 0.616. The van der Waals surface area contributed by atoms with Gasteiger partial charge in [0.1, 0.15) is 0 Å². The molecule has 1 heteroatoms. The Balaban J connectivity index is 0.844. The minimum Gasteiger partial charge on any atom is -0.309 e. The number of rotatable bonds is 10. The van der Waals surface area contributed by atoms with Crippen molar-refractivity contribution in [2.45, 2.75) is 5.41 Å². The third kappa shape index (κ3) is 8.24. The van der Waals surface area contributed by atoms with Gasteiger partial charge in [-0.15, -0.1) is 0 Å². The Hall–Kier alpha value is -10.9. The van der Waals surface area contributed by atoms with Gasteiger partial charge >= 0.3 is 0 Å². The van der Waals surface area contributed by atoms with Gasteiger partial charge in [0.2, 0.25) is 0 Å². The minimum atomic E-state index is -0.616. The molecule has 0 atom stereocenters. The van der Waals surface area contributed by atoms with Crippen molar-refractivity contribution in [1.82, 2.24) is 4.57 Å². The molecule has 0 saturated carbocycles. The summed E-state index contributed by atoms with van der Waals surface area (Å²) in [6.07, 6.45) is 0. The molecule has 0 bridgehead atoms. The summed E-state index contributed by atoms with van der Waals surface area (Å²) in [6.45, 7) is 0. The molecule has 1 nitrogen and oxygen atoms in total. The molecule has 0 N–H and O–H groups in total. The van der Waals surface area contributed by atoms with Crippen LogP contribution in [0.25, 0.3) is 127 Å². The fourth-order valence-electron chi connectivity index (χ4n) is 13.6. The summed E-state index contributed by atoms with van der Waals surface area (Å²) in [5.74, 6) is 0. The average Bonchev–Trinajstić information content (AvgIpc) is 2.90. The Kier molecular flexibility index (Phi) is 11.8. The first-order valence-corrected chi connectivity index (χ1v) is 29.1. The standard InChI is InChI=1S/C83H55N/c1-5-16-56(17-6-1)58-28-32-60(33-29-58)62-36-40-64(41-37-62)67-45-50-81-77(52-67)78-53-68(65-42-38-63(39-43-65)61-34-30-59(31-35-61)57-18-7-2-8-19-57)46-51-82(78)84(81)72-47-49-76-75-48-44-69(74-27-15-21-66-20-13-14-26-73(66)74)54-79(75)83(80(76)55-72,70-22-9-3-10-23-70)71-24-11-4-12-25-71/h1-55H. The molecule has 0 unspecified atom stereocenters. The highest BCUT2D eigenvalue weighted by molar-refractivity contribution is 6.12. The van der Waals surface area contributed by atoms with Gasteiger partial charge in [0, 0.05) is 16.5 Å². The number of fused-ring (bicyclic) bond motifs is 7. The van der Waals surface area contributed by atoms with Gasteiger partial charge in [0.05, 0.1) is 16.4 Å². The lowest BCUT2D eigenvalue weighted by atomic mass is 9.67. The first-order chi connectivity index (χ1) is 41.6. The highest BCUT2D eigenvalue weighted by atomic mass is 15.0. The predicted molar refractivity (Wildman–Crippen MR) is 354 cm³/mol. The van der Waals surface area contributed by atoms with Crippen molar-refractivity contribution in [3.63, 3.8) is 0 Å². The fraction of sp³-hybridized carbons (Fsp3) is 0.0120. The van der Waals surface area contributed by atoms with Crippen molar-refractivity contribution in [3.8, 4) is 94.7 Å². The lowest BCUT2D eigenvalue weighted by Gasteiger charge is -2.34. The number of nitrogens with zero attached hydrogens (tertiary/aromatic N) is 1. The smallest absolute Gasteiger partial charge is 0.0714 e. The molecule has 0 saturated heterocycles. The Morgan fingerprint density at radius 1 is 0.202 bits per heavy atom. The van der Waals surface area contributed by atoms with Gasteiger partial charge in [-0.3, -0.25) is 0 Å². The zero-order valence-corrected chi connectivity index (χ0v) is 46.2. The van der Waals surface area contributed by atoms with E-state index in [1.807, 2.05) is 0 Å². The Morgan fingerprint density at radius 3 is 1.01 bits per heavy atom. The van der Waals surface area contributed by atoms with E-state index >= 15 is 0 Å². The summed E-state index contributed by atoms with van der Waals surface area (Å²) in [6, 6.07) is 124. The van der Waals surface area contributed by atoms with Crippen molar-refractivity contribution in [2.24, 2.45) is 0 Å². The molecule has 1 heterocycles. The highest BCUT2D eigenvalue weighted by Crippen LogP contribution is 2.58. The lowest BCUT2D eigenvalue weighted by molar-refractivity contribution is 0.768. The van der Waals surface area contributed by atoms with Crippen LogP contribution < -0.4 is 0 Å². The van der Waals surface area contributed by atoms with E-state index in [1.165, 1.54) is 133 Å². The van der Waals surface area contributed by atoms with Gasteiger partial charge in [0.15, 0.2) is 0 Å². The van der Waals surface area contributed by atoms with Crippen LogP contribution in [0.1, 0.15) is 22.3 Å². The number of hydrogen-bond donors (Lipinski definition) is 0. The van der Waals surface area contributed by atoms with Gasteiger partial charge in [0.25, 0.3) is 0 Å². The molecule has 14 aromatic carbocycles. The Morgan fingerprint density at radius 2 is 0.548 bits per heavy atom. The molecule has 392 valence electrons. The molecule has 0 radical (unpaired) electrons. The van der Waals surface area contributed by atoms with Crippen LogP contribution in [0.2, 0.25) is 0 Å². The summed E-state index contributed by atoms with van der Waals surface area (Å²) in [7, 11) is 0. The van der Waals surface area contributed by atoms with Crippen LogP contribution in [0.15, 0.2) is 334 Å². The fourth-order valence-corrected chi connectivity index (χ4v) is 13.6. The number of benzene rings is 14. The zero-order valence-electron chi connectivity index (χ0n) is 46.2. The lowest BCUT2D eigenvalue weighted by Crippen LogP contribution is -2.28. The van der Waals surface area contributed by atoms with E-state index in [0.29, 0.717) is 0 Å². The third-order valence-corrected chi connectivity index (χ3v) is 17.7. The number of hydrogen-bond acceptors (Lipinski definition) is 0. The van der Waals surface area contributed by atoms with Crippen molar-refractivity contribution in [1.29, 1.82) is 0 Å². The molecule has 0 spiro atoms. The van der Waals surface area contributed by atoms with E-state index in [-0.39, 0.29) is 0 Å². The normalized spacial score (nSPS) is 12.4. The second kappa shape index (κ2) is 20.3.